The third-order valence-corrected chi connectivity index (χ3v) is 4.53. The zero-order valence-electron chi connectivity index (χ0n) is 11.5. The first kappa shape index (κ1) is 12.2. The molecule has 5 heteroatoms. The molecule has 4 nitrogen and oxygen atoms in total. The molecule has 0 radical (unpaired) electrons. The molecule has 0 saturated carbocycles. The monoisotopic (exact) mass is 272 g/mol. The Kier molecular flexibility index (Phi) is 2.60. The summed E-state index contributed by atoms with van der Waals surface area (Å²) in [5, 5.41) is 6.40. The number of hydrogen-bond acceptors (Lipinski definition) is 4. The van der Waals surface area contributed by atoms with Crippen LogP contribution >= 0.6 is 11.3 Å². The molecule has 3 rings (SSSR count). The Morgan fingerprint density at radius 3 is 2.32 bits per heavy atom. The summed E-state index contributed by atoms with van der Waals surface area (Å²) >= 11 is 1.51. The van der Waals surface area contributed by atoms with Crippen LogP contribution in [-0.4, -0.2) is 14.6 Å². The van der Waals surface area contributed by atoms with Crippen molar-refractivity contribution < 1.29 is 0 Å². The number of benzene rings is 1. The van der Waals surface area contributed by atoms with E-state index in [1.807, 2.05) is 5.38 Å². The van der Waals surface area contributed by atoms with E-state index in [0.717, 1.165) is 16.3 Å². The van der Waals surface area contributed by atoms with Crippen LogP contribution in [0, 0.1) is 27.7 Å². The molecule has 0 amide bonds. The molecule has 0 aliphatic carbocycles. The van der Waals surface area contributed by atoms with Gasteiger partial charge >= 0.3 is 0 Å². The maximum absolute atomic E-state index is 5.87. The van der Waals surface area contributed by atoms with E-state index in [9.17, 15) is 0 Å². The second-order valence-electron chi connectivity index (χ2n) is 4.93. The summed E-state index contributed by atoms with van der Waals surface area (Å²) in [7, 11) is 0. The van der Waals surface area contributed by atoms with Gasteiger partial charge in [-0.25, -0.2) is 0 Å². The van der Waals surface area contributed by atoms with E-state index in [4.69, 9.17) is 5.73 Å². The fraction of sp³-hybridized carbons (Fsp3) is 0.286. The normalized spacial score (nSPS) is 11.4. The molecular formula is C14H16N4S. The number of rotatable bonds is 1. The van der Waals surface area contributed by atoms with Crippen molar-refractivity contribution in [1.82, 2.24) is 14.6 Å². The first-order chi connectivity index (χ1) is 8.99. The molecule has 0 unspecified atom stereocenters. The number of aromatic nitrogens is 3. The fourth-order valence-electron chi connectivity index (χ4n) is 2.36. The maximum Gasteiger partial charge on any atom is 0.214 e. The predicted molar refractivity (Wildman–Crippen MR) is 79.7 cm³/mol. The van der Waals surface area contributed by atoms with Gasteiger partial charge in [-0.3, -0.25) is 0 Å². The van der Waals surface area contributed by atoms with Gasteiger partial charge in [-0.05, 0) is 49.9 Å². The van der Waals surface area contributed by atoms with Crippen LogP contribution in [0.2, 0.25) is 0 Å². The number of hydrogen-bond donors (Lipinski definition) is 1. The Hall–Kier alpha value is -1.88. The molecule has 98 valence electrons. The van der Waals surface area contributed by atoms with Gasteiger partial charge in [0.2, 0.25) is 4.96 Å². The Labute approximate surface area is 115 Å². The van der Waals surface area contributed by atoms with Crippen LogP contribution in [0.25, 0.3) is 16.3 Å². The van der Waals surface area contributed by atoms with Gasteiger partial charge in [0.15, 0.2) is 5.82 Å². The lowest BCUT2D eigenvalue weighted by atomic mass is 9.94. The van der Waals surface area contributed by atoms with Gasteiger partial charge in [-0.1, -0.05) is 6.07 Å². The summed E-state index contributed by atoms with van der Waals surface area (Å²) in [4.78, 5) is 5.44. The van der Waals surface area contributed by atoms with E-state index < -0.39 is 0 Å². The highest BCUT2D eigenvalue weighted by molar-refractivity contribution is 7.15. The van der Waals surface area contributed by atoms with E-state index in [-0.39, 0.29) is 0 Å². The van der Waals surface area contributed by atoms with Crippen LogP contribution in [0.15, 0.2) is 11.4 Å². The topological polar surface area (TPSA) is 56.2 Å². The highest BCUT2D eigenvalue weighted by atomic mass is 32.1. The van der Waals surface area contributed by atoms with E-state index >= 15 is 0 Å². The molecule has 19 heavy (non-hydrogen) atoms. The third kappa shape index (κ3) is 1.73. The molecule has 0 bridgehead atoms. The number of nitrogens with two attached hydrogens (primary N) is 1. The predicted octanol–water partition coefficient (Wildman–Crippen LogP) is 3.27. The van der Waals surface area contributed by atoms with Crippen molar-refractivity contribution in [2.24, 2.45) is 0 Å². The minimum absolute atomic E-state index is 0.637. The molecule has 0 aliphatic rings. The summed E-state index contributed by atoms with van der Waals surface area (Å²) in [5.74, 6) is 1.40. The molecule has 2 heterocycles. The number of anilines is 1. The molecule has 0 spiro atoms. The first-order valence-electron chi connectivity index (χ1n) is 6.16. The van der Waals surface area contributed by atoms with Gasteiger partial charge in [-0.2, -0.15) is 9.50 Å². The lowest BCUT2D eigenvalue weighted by Gasteiger charge is -2.12. The van der Waals surface area contributed by atoms with Gasteiger partial charge < -0.3 is 5.73 Å². The van der Waals surface area contributed by atoms with Crippen molar-refractivity contribution in [2.45, 2.75) is 27.7 Å². The van der Waals surface area contributed by atoms with E-state index in [2.05, 4.69) is 43.8 Å². The lowest BCUT2D eigenvalue weighted by molar-refractivity contribution is 0.990. The number of thiazole rings is 1. The Morgan fingerprint density at radius 2 is 1.74 bits per heavy atom. The summed E-state index contributed by atoms with van der Waals surface area (Å²) in [6.07, 6.45) is 0. The van der Waals surface area contributed by atoms with Crippen LogP contribution in [0.1, 0.15) is 22.3 Å². The Bertz CT molecular complexity index is 756. The molecule has 1 aromatic carbocycles. The van der Waals surface area contributed by atoms with Gasteiger partial charge in [0, 0.05) is 10.9 Å². The maximum atomic E-state index is 5.87. The zero-order chi connectivity index (χ0) is 13.7. The highest BCUT2D eigenvalue weighted by Gasteiger charge is 2.16. The molecule has 3 aromatic rings. The second-order valence-corrected chi connectivity index (χ2v) is 5.76. The first-order valence-corrected chi connectivity index (χ1v) is 7.04. The molecular weight excluding hydrogens is 256 g/mol. The van der Waals surface area contributed by atoms with Crippen LogP contribution < -0.4 is 5.73 Å². The molecule has 0 aliphatic heterocycles. The molecule has 0 saturated heterocycles. The van der Waals surface area contributed by atoms with Crippen LogP contribution in [0.3, 0.4) is 0 Å². The van der Waals surface area contributed by atoms with Crippen LogP contribution in [0.5, 0.6) is 0 Å². The van der Waals surface area contributed by atoms with Crippen molar-refractivity contribution in [3.05, 3.63) is 33.7 Å². The van der Waals surface area contributed by atoms with E-state index in [1.54, 1.807) is 4.52 Å². The number of aryl methyl sites for hydroxylation is 2. The Balaban J connectivity index is 2.31. The van der Waals surface area contributed by atoms with Crippen molar-refractivity contribution >= 4 is 22.1 Å². The van der Waals surface area contributed by atoms with Crippen LogP contribution in [-0.2, 0) is 0 Å². The number of nitrogen functional groups attached to an aromatic ring is 1. The third-order valence-electron chi connectivity index (χ3n) is 3.70. The summed E-state index contributed by atoms with van der Waals surface area (Å²) in [5.41, 5.74) is 12.0. The largest absolute Gasteiger partial charge is 0.383 e. The molecule has 0 atom stereocenters. The molecule has 2 N–H and O–H groups in total. The van der Waals surface area contributed by atoms with Gasteiger partial charge in [0.1, 0.15) is 5.82 Å². The summed E-state index contributed by atoms with van der Waals surface area (Å²) in [6, 6.07) is 2.21. The standard InChI is InChI=1S/C14H16N4S/c1-7-5-8(2)10(4)12(9(7)3)13-16-14-18(17-13)11(15)6-19-14/h5-6H,15H2,1-4H3. The summed E-state index contributed by atoms with van der Waals surface area (Å²) < 4.78 is 1.70. The number of nitrogens with zero attached hydrogens (tertiary/aromatic N) is 3. The average Bonchev–Trinajstić information content (AvgIpc) is 2.90. The van der Waals surface area contributed by atoms with Crippen molar-refractivity contribution in [1.29, 1.82) is 0 Å². The lowest BCUT2D eigenvalue weighted by Crippen LogP contribution is -1.98. The van der Waals surface area contributed by atoms with E-state index in [0.29, 0.717) is 5.82 Å². The Morgan fingerprint density at radius 1 is 1.11 bits per heavy atom. The molecule has 0 fully saturated rings. The van der Waals surface area contributed by atoms with Crippen molar-refractivity contribution in [3.63, 3.8) is 0 Å². The zero-order valence-corrected chi connectivity index (χ0v) is 12.3. The van der Waals surface area contributed by atoms with Gasteiger partial charge in [-0.15, -0.1) is 16.4 Å². The van der Waals surface area contributed by atoms with Crippen molar-refractivity contribution in [2.75, 3.05) is 5.73 Å². The quantitative estimate of drug-likeness (QED) is 0.739. The highest BCUT2D eigenvalue weighted by Crippen LogP contribution is 2.30. The average molecular weight is 272 g/mol. The van der Waals surface area contributed by atoms with Gasteiger partial charge in [0.05, 0.1) is 0 Å². The number of fused-ring (bicyclic) bond motifs is 1. The SMILES string of the molecule is Cc1cc(C)c(C)c(-c2nc3scc(N)n3n2)c1C. The smallest absolute Gasteiger partial charge is 0.214 e. The van der Waals surface area contributed by atoms with Crippen LogP contribution in [0.4, 0.5) is 5.82 Å². The molecule has 2 aromatic heterocycles. The van der Waals surface area contributed by atoms with E-state index in [1.165, 1.54) is 33.6 Å². The van der Waals surface area contributed by atoms with Crippen molar-refractivity contribution in [3.8, 4) is 11.4 Å². The van der Waals surface area contributed by atoms with Gasteiger partial charge in [0.25, 0.3) is 0 Å². The minimum Gasteiger partial charge on any atom is -0.383 e. The minimum atomic E-state index is 0.637. The second kappa shape index (κ2) is 4.06. The fourth-order valence-corrected chi connectivity index (χ4v) is 3.07. The summed E-state index contributed by atoms with van der Waals surface area (Å²) in [6.45, 7) is 8.49.